The Balaban J connectivity index is 1.57. The van der Waals surface area contributed by atoms with Crippen molar-refractivity contribution in [3.05, 3.63) is 30.2 Å². The van der Waals surface area contributed by atoms with Crippen LogP contribution in [0.15, 0.2) is 28.8 Å². The lowest BCUT2D eigenvalue weighted by molar-refractivity contribution is -0.166. The summed E-state index contributed by atoms with van der Waals surface area (Å²) in [5.74, 6) is -3.95. The minimum absolute atomic E-state index is 0.177. The van der Waals surface area contributed by atoms with Gasteiger partial charge in [0.05, 0.1) is 0 Å². The molecule has 2 heterocycles. The van der Waals surface area contributed by atoms with Crippen LogP contribution in [-0.4, -0.2) is 58.1 Å². The van der Waals surface area contributed by atoms with Gasteiger partial charge in [0.25, 0.3) is 0 Å². The maximum absolute atomic E-state index is 12.5. The molecule has 1 N–H and O–H groups in total. The van der Waals surface area contributed by atoms with Gasteiger partial charge in [0.2, 0.25) is 5.82 Å². The monoisotopic (exact) mass is 427 g/mol. The Morgan fingerprint density at radius 1 is 1.17 bits per heavy atom. The number of carbonyl (C=O) groups excluding carboxylic acids is 3. The molecular weight excluding hydrogens is 411 g/mol. The number of amides is 3. The number of likely N-dealkylation sites (tertiary alicyclic amines) is 1. The Hall–Kier alpha value is -3.64. The van der Waals surface area contributed by atoms with Crippen LogP contribution < -0.4 is 5.32 Å². The molecule has 10 nitrogen and oxygen atoms in total. The second-order valence-corrected chi connectivity index (χ2v) is 6.31. The zero-order chi connectivity index (χ0) is 21.9. The molecule has 1 aromatic heterocycles. The van der Waals surface area contributed by atoms with Crippen LogP contribution in [0, 0.1) is 0 Å². The second kappa shape index (κ2) is 8.39. The van der Waals surface area contributed by atoms with Crippen molar-refractivity contribution in [1.82, 2.24) is 20.1 Å². The van der Waals surface area contributed by atoms with Crippen molar-refractivity contribution in [3.63, 3.8) is 0 Å². The first-order chi connectivity index (χ1) is 14.1. The number of nitrogens with one attached hydrogen (secondary N) is 1. The Morgan fingerprint density at radius 2 is 1.80 bits per heavy atom. The van der Waals surface area contributed by atoms with Gasteiger partial charge in [-0.3, -0.25) is 9.59 Å². The van der Waals surface area contributed by atoms with Crippen molar-refractivity contribution in [2.24, 2.45) is 0 Å². The van der Waals surface area contributed by atoms with E-state index in [1.54, 1.807) is 0 Å². The molecule has 0 atom stereocenters. The lowest BCUT2D eigenvalue weighted by atomic mass is 10.2. The van der Waals surface area contributed by atoms with Crippen LogP contribution >= 0.6 is 0 Å². The quantitative estimate of drug-likeness (QED) is 0.577. The number of aromatic nitrogens is 2. The highest BCUT2D eigenvalue weighted by atomic mass is 19.4. The second-order valence-electron chi connectivity index (χ2n) is 6.31. The predicted molar refractivity (Wildman–Crippen MR) is 93.4 cm³/mol. The summed E-state index contributed by atoms with van der Waals surface area (Å²) in [6, 6.07) is 5.34. The van der Waals surface area contributed by atoms with Gasteiger partial charge in [-0.15, -0.1) is 0 Å². The van der Waals surface area contributed by atoms with Crippen LogP contribution in [0.4, 0.5) is 23.7 Å². The highest BCUT2D eigenvalue weighted by molar-refractivity contribution is 6.39. The first-order valence-electron chi connectivity index (χ1n) is 8.72. The third-order valence-electron chi connectivity index (χ3n) is 4.13. The van der Waals surface area contributed by atoms with Crippen LogP contribution in [-0.2, 0) is 20.6 Å². The highest BCUT2D eigenvalue weighted by Crippen LogP contribution is 2.29. The van der Waals surface area contributed by atoms with Crippen molar-refractivity contribution in [3.8, 4) is 11.4 Å². The molecule has 1 aromatic carbocycles. The summed E-state index contributed by atoms with van der Waals surface area (Å²) in [6.45, 7) is 1.04. The Bertz CT molecular complexity index is 938. The minimum Gasteiger partial charge on any atom is -0.329 e. The molecule has 1 saturated heterocycles. The number of hydrogen-bond donors (Lipinski definition) is 1. The molecule has 1 fully saturated rings. The minimum atomic E-state index is -4.76. The van der Waals surface area contributed by atoms with Crippen LogP contribution in [0.25, 0.3) is 11.4 Å². The number of carbonyl (C=O) groups is 3. The smallest absolute Gasteiger partial charge is 0.329 e. The molecule has 0 bridgehead atoms. The molecule has 0 unspecified atom stereocenters. The third-order valence-corrected chi connectivity index (χ3v) is 4.13. The highest BCUT2D eigenvalue weighted by Gasteiger charge is 2.38. The lowest BCUT2D eigenvalue weighted by Crippen LogP contribution is -2.41. The van der Waals surface area contributed by atoms with Gasteiger partial charge < -0.3 is 19.6 Å². The van der Waals surface area contributed by atoms with E-state index >= 15 is 0 Å². The molecule has 1 aliphatic rings. The van der Waals surface area contributed by atoms with Gasteiger partial charge in [0, 0.05) is 31.4 Å². The summed E-state index contributed by atoms with van der Waals surface area (Å²) in [5, 5.41) is 6.07. The Labute approximate surface area is 167 Å². The molecule has 0 spiro atoms. The molecule has 0 saturated carbocycles. The molecule has 3 amide bonds. The summed E-state index contributed by atoms with van der Waals surface area (Å²) in [7, 11) is 1.13. The third kappa shape index (κ3) is 4.85. The number of anilines is 1. The number of halogens is 3. The number of hydroxylamine groups is 2. The molecule has 3 rings (SSSR count). The van der Waals surface area contributed by atoms with E-state index in [1.807, 2.05) is 0 Å². The van der Waals surface area contributed by atoms with E-state index < -0.39 is 30.0 Å². The topological polar surface area (TPSA) is 118 Å². The molecule has 1 aliphatic heterocycles. The molecule has 2 aromatic rings. The largest absolute Gasteiger partial charge is 0.471 e. The van der Waals surface area contributed by atoms with E-state index in [2.05, 4.69) is 20.0 Å². The van der Waals surface area contributed by atoms with Crippen LogP contribution in [0.3, 0.4) is 0 Å². The number of rotatable bonds is 2. The van der Waals surface area contributed by atoms with Crippen molar-refractivity contribution in [2.45, 2.75) is 19.0 Å². The Kier molecular flexibility index (Phi) is 5.89. The van der Waals surface area contributed by atoms with Gasteiger partial charge in [0.1, 0.15) is 0 Å². The predicted octanol–water partition coefficient (Wildman–Crippen LogP) is 2.30. The number of nitrogens with zero attached hydrogens (tertiary/aromatic N) is 4. The first-order valence-corrected chi connectivity index (χ1v) is 8.72. The zero-order valence-corrected chi connectivity index (χ0v) is 15.6. The lowest BCUT2D eigenvalue weighted by Gasteiger charge is -2.20. The maximum Gasteiger partial charge on any atom is 0.471 e. The number of hydrogen-bond acceptors (Lipinski definition) is 7. The summed E-state index contributed by atoms with van der Waals surface area (Å²) in [6.07, 6.45) is -3.81. The Morgan fingerprint density at radius 3 is 2.37 bits per heavy atom. The molecule has 160 valence electrons. The standard InChI is InChI=1S/C17H16F3N5O5/c1-24(30-16(28)25-8-2-3-9-25)14(27)13(26)21-11-6-4-10(5-7-11)12-22-15(29-23-12)17(18,19)20/h4-7H,2-3,8-9H2,1H3,(H,21,26). The summed E-state index contributed by atoms with van der Waals surface area (Å²) >= 11 is 0. The van der Waals surface area contributed by atoms with Gasteiger partial charge >= 0.3 is 30.0 Å². The van der Waals surface area contributed by atoms with E-state index in [-0.39, 0.29) is 17.1 Å². The fourth-order valence-electron chi connectivity index (χ4n) is 2.60. The molecule has 0 radical (unpaired) electrons. The van der Waals surface area contributed by atoms with Crippen molar-refractivity contribution in [1.29, 1.82) is 0 Å². The van der Waals surface area contributed by atoms with E-state index in [9.17, 15) is 27.6 Å². The fraction of sp³-hybridized carbons (Fsp3) is 0.353. The van der Waals surface area contributed by atoms with Crippen molar-refractivity contribution >= 4 is 23.6 Å². The SMILES string of the molecule is CN(OC(=O)N1CCCC1)C(=O)C(=O)Nc1ccc(-c2noc(C(F)(F)F)n2)cc1. The summed E-state index contributed by atoms with van der Waals surface area (Å²) in [4.78, 5) is 45.5. The van der Waals surface area contributed by atoms with E-state index in [4.69, 9.17) is 4.84 Å². The van der Waals surface area contributed by atoms with E-state index in [0.29, 0.717) is 18.2 Å². The average molecular weight is 427 g/mol. The van der Waals surface area contributed by atoms with Gasteiger partial charge in [-0.05, 0) is 37.1 Å². The molecule has 0 aliphatic carbocycles. The van der Waals surface area contributed by atoms with Crippen molar-refractivity contribution < 1.29 is 36.9 Å². The van der Waals surface area contributed by atoms with E-state index in [1.165, 1.54) is 29.2 Å². The van der Waals surface area contributed by atoms with Gasteiger partial charge in [-0.25, -0.2) is 4.79 Å². The number of likely N-dealkylation sites (N-methyl/N-ethyl adjacent to an activating group) is 1. The summed E-state index contributed by atoms with van der Waals surface area (Å²) < 4.78 is 41.7. The van der Waals surface area contributed by atoms with Gasteiger partial charge in [-0.2, -0.15) is 23.2 Å². The van der Waals surface area contributed by atoms with E-state index in [0.717, 1.165) is 19.9 Å². The number of benzene rings is 1. The summed E-state index contributed by atoms with van der Waals surface area (Å²) in [5.41, 5.74) is 0.381. The maximum atomic E-state index is 12.5. The molecular formula is C17H16F3N5O5. The van der Waals surface area contributed by atoms with Gasteiger partial charge in [0.15, 0.2) is 0 Å². The van der Waals surface area contributed by atoms with Crippen LogP contribution in [0.5, 0.6) is 0 Å². The van der Waals surface area contributed by atoms with Gasteiger partial charge in [-0.1, -0.05) is 5.16 Å². The van der Waals surface area contributed by atoms with Crippen molar-refractivity contribution in [2.75, 3.05) is 25.5 Å². The average Bonchev–Trinajstić information content (AvgIpc) is 3.39. The molecule has 30 heavy (non-hydrogen) atoms. The number of alkyl halides is 3. The fourth-order valence-corrected chi connectivity index (χ4v) is 2.60. The molecule has 13 heteroatoms. The first kappa shape index (κ1) is 21.1. The van der Waals surface area contributed by atoms with Crippen LogP contribution in [0.2, 0.25) is 0 Å². The van der Waals surface area contributed by atoms with Crippen LogP contribution in [0.1, 0.15) is 18.7 Å². The normalized spacial score (nSPS) is 13.8. The zero-order valence-electron chi connectivity index (χ0n) is 15.6.